The predicted molar refractivity (Wildman–Crippen MR) is 79.3 cm³/mol. The molecule has 0 amide bonds. The predicted octanol–water partition coefficient (Wildman–Crippen LogP) is 2.76. The van der Waals surface area contributed by atoms with Gasteiger partial charge < -0.3 is 4.74 Å². The molecule has 1 aromatic carbocycles. The number of benzene rings is 1. The van der Waals surface area contributed by atoms with Crippen molar-refractivity contribution in [3.05, 3.63) is 57.4 Å². The Kier molecular flexibility index (Phi) is 4.57. The first kappa shape index (κ1) is 15.0. The first-order valence-corrected chi connectivity index (χ1v) is 6.88. The maximum absolute atomic E-state index is 11.0. The highest BCUT2D eigenvalue weighted by atomic mass is 16.6. The molecule has 1 aromatic heterocycles. The van der Waals surface area contributed by atoms with E-state index in [1.807, 2.05) is 51.1 Å². The molecule has 6 heteroatoms. The van der Waals surface area contributed by atoms with Crippen molar-refractivity contribution in [3.63, 3.8) is 0 Å². The number of rotatable bonds is 6. The van der Waals surface area contributed by atoms with Crippen LogP contribution in [0.3, 0.4) is 0 Å². The average Bonchev–Trinajstić information content (AvgIpc) is 2.76. The molecule has 0 spiro atoms. The second-order valence-corrected chi connectivity index (χ2v) is 4.90. The van der Waals surface area contributed by atoms with E-state index in [1.165, 1.54) is 0 Å². The van der Waals surface area contributed by atoms with E-state index in [2.05, 4.69) is 5.10 Å². The van der Waals surface area contributed by atoms with Crippen LogP contribution in [-0.4, -0.2) is 27.9 Å². The van der Waals surface area contributed by atoms with Gasteiger partial charge in [0.15, 0.2) is 0 Å². The fourth-order valence-electron chi connectivity index (χ4n) is 2.38. The fourth-order valence-corrected chi connectivity index (χ4v) is 2.38. The van der Waals surface area contributed by atoms with Crippen LogP contribution in [0, 0.1) is 24.0 Å². The van der Waals surface area contributed by atoms with Gasteiger partial charge in [-0.05, 0) is 44.5 Å². The molecular weight excluding hydrogens is 270 g/mol. The summed E-state index contributed by atoms with van der Waals surface area (Å²) in [7, 11) is 0. The van der Waals surface area contributed by atoms with Crippen molar-refractivity contribution in [1.29, 1.82) is 0 Å². The molecule has 6 nitrogen and oxygen atoms in total. The Balaban J connectivity index is 2.35. The summed E-state index contributed by atoms with van der Waals surface area (Å²) in [5.41, 5.74) is 2.61. The summed E-state index contributed by atoms with van der Waals surface area (Å²) in [6.45, 7) is 6.09. The lowest BCUT2D eigenvalue weighted by molar-refractivity contribution is -0.484. The molecular formula is C15H19N3O3. The minimum atomic E-state index is -0.413. The van der Waals surface area contributed by atoms with Crippen LogP contribution in [0.2, 0.25) is 0 Å². The van der Waals surface area contributed by atoms with Crippen molar-refractivity contribution >= 4 is 0 Å². The van der Waals surface area contributed by atoms with E-state index < -0.39 is 6.04 Å². The van der Waals surface area contributed by atoms with Gasteiger partial charge in [0.2, 0.25) is 6.54 Å². The van der Waals surface area contributed by atoms with Crippen molar-refractivity contribution in [2.45, 2.75) is 26.8 Å². The van der Waals surface area contributed by atoms with Crippen molar-refractivity contribution < 1.29 is 9.66 Å². The molecule has 112 valence electrons. The van der Waals surface area contributed by atoms with Gasteiger partial charge in [0.25, 0.3) is 0 Å². The van der Waals surface area contributed by atoms with Gasteiger partial charge in [0.1, 0.15) is 11.8 Å². The van der Waals surface area contributed by atoms with Crippen LogP contribution < -0.4 is 4.74 Å². The minimum absolute atomic E-state index is 0.198. The van der Waals surface area contributed by atoms with E-state index in [9.17, 15) is 10.1 Å². The zero-order valence-corrected chi connectivity index (χ0v) is 12.4. The smallest absolute Gasteiger partial charge is 0.230 e. The van der Waals surface area contributed by atoms with Gasteiger partial charge in [-0.15, -0.1) is 0 Å². The number of hydrogen-bond donors (Lipinski definition) is 0. The Morgan fingerprint density at radius 1 is 1.33 bits per heavy atom. The van der Waals surface area contributed by atoms with E-state index in [0.717, 1.165) is 22.7 Å². The lowest BCUT2D eigenvalue weighted by atomic mass is 10.1. The third-order valence-electron chi connectivity index (χ3n) is 3.24. The third kappa shape index (κ3) is 3.59. The highest BCUT2D eigenvalue weighted by Gasteiger charge is 2.22. The van der Waals surface area contributed by atoms with Gasteiger partial charge in [-0.25, -0.2) is 0 Å². The molecule has 0 unspecified atom stereocenters. The zero-order valence-electron chi connectivity index (χ0n) is 12.4. The largest absolute Gasteiger partial charge is 0.494 e. The maximum Gasteiger partial charge on any atom is 0.230 e. The Morgan fingerprint density at radius 2 is 2.00 bits per heavy atom. The number of nitrogens with zero attached hydrogens (tertiary/aromatic N) is 3. The summed E-state index contributed by atoms with van der Waals surface area (Å²) in [6.07, 6.45) is 0. The zero-order chi connectivity index (χ0) is 15.4. The standard InChI is InChI=1S/C15H19N3O3/c1-4-21-14-7-5-13(6-8-14)15(10-17(19)20)18-12(3)9-11(2)16-18/h5-9,15H,4,10H2,1-3H3/t15-/m0/s1. The Morgan fingerprint density at radius 3 is 2.48 bits per heavy atom. The molecule has 1 atom stereocenters. The Bertz CT molecular complexity index is 620. The molecule has 1 heterocycles. The van der Waals surface area contributed by atoms with Crippen LogP contribution in [0.15, 0.2) is 30.3 Å². The number of nitro groups is 1. The Labute approximate surface area is 123 Å². The number of hydrogen-bond acceptors (Lipinski definition) is 4. The van der Waals surface area contributed by atoms with Crippen molar-refractivity contribution in [1.82, 2.24) is 9.78 Å². The van der Waals surface area contributed by atoms with Gasteiger partial charge in [0.05, 0.1) is 12.3 Å². The van der Waals surface area contributed by atoms with Gasteiger partial charge in [-0.1, -0.05) is 12.1 Å². The third-order valence-corrected chi connectivity index (χ3v) is 3.24. The van der Waals surface area contributed by atoms with E-state index in [-0.39, 0.29) is 11.5 Å². The second-order valence-electron chi connectivity index (χ2n) is 4.90. The highest BCUT2D eigenvalue weighted by molar-refractivity contribution is 5.30. The first-order valence-electron chi connectivity index (χ1n) is 6.88. The molecule has 0 radical (unpaired) electrons. The average molecular weight is 289 g/mol. The van der Waals surface area contributed by atoms with Crippen LogP contribution in [0.5, 0.6) is 5.75 Å². The summed E-state index contributed by atoms with van der Waals surface area (Å²) in [5.74, 6) is 0.759. The lowest BCUT2D eigenvalue weighted by Gasteiger charge is -2.16. The number of aromatic nitrogens is 2. The van der Waals surface area contributed by atoms with Gasteiger partial charge in [-0.3, -0.25) is 14.8 Å². The number of ether oxygens (including phenoxy) is 1. The molecule has 0 saturated carbocycles. The molecule has 2 aromatic rings. The summed E-state index contributed by atoms with van der Waals surface area (Å²) < 4.78 is 7.12. The molecule has 0 N–H and O–H groups in total. The quantitative estimate of drug-likeness (QED) is 0.605. The van der Waals surface area contributed by atoms with Gasteiger partial charge in [0, 0.05) is 10.6 Å². The summed E-state index contributed by atoms with van der Waals surface area (Å²) in [4.78, 5) is 10.7. The van der Waals surface area contributed by atoms with Crippen molar-refractivity contribution in [2.24, 2.45) is 0 Å². The minimum Gasteiger partial charge on any atom is -0.494 e. The Hall–Kier alpha value is -2.37. The van der Waals surface area contributed by atoms with E-state index in [0.29, 0.717) is 6.61 Å². The van der Waals surface area contributed by atoms with Crippen molar-refractivity contribution in [3.8, 4) is 5.75 Å². The lowest BCUT2D eigenvalue weighted by Crippen LogP contribution is -2.22. The highest BCUT2D eigenvalue weighted by Crippen LogP contribution is 2.23. The van der Waals surface area contributed by atoms with Crippen LogP contribution in [-0.2, 0) is 0 Å². The molecule has 0 saturated heterocycles. The van der Waals surface area contributed by atoms with Crippen LogP contribution >= 0.6 is 0 Å². The summed E-state index contributed by atoms with van der Waals surface area (Å²) in [5, 5.41) is 15.4. The normalized spacial score (nSPS) is 12.1. The molecule has 21 heavy (non-hydrogen) atoms. The molecule has 0 aliphatic carbocycles. The topological polar surface area (TPSA) is 70.2 Å². The molecule has 0 bridgehead atoms. The van der Waals surface area contributed by atoms with E-state index in [1.54, 1.807) is 4.68 Å². The molecule has 0 fully saturated rings. The van der Waals surface area contributed by atoms with E-state index >= 15 is 0 Å². The maximum atomic E-state index is 11.0. The summed E-state index contributed by atoms with van der Waals surface area (Å²) in [6, 6.07) is 8.88. The SMILES string of the molecule is CCOc1ccc([C@H](C[N+](=O)[O-])n2nc(C)cc2C)cc1. The van der Waals surface area contributed by atoms with Crippen LogP contribution in [0.4, 0.5) is 0 Å². The monoisotopic (exact) mass is 289 g/mol. The molecule has 0 aliphatic rings. The first-order chi connectivity index (χ1) is 10.0. The fraction of sp³-hybridized carbons (Fsp3) is 0.400. The molecule has 0 aliphatic heterocycles. The number of aryl methyl sites for hydroxylation is 2. The van der Waals surface area contributed by atoms with Crippen LogP contribution in [0.25, 0.3) is 0 Å². The van der Waals surface area contributed by atoms with Crippen molar-refractivity contribution in [2.75, 3.05) is 13.2 Å². The van der Waals surface area contributed by atoms with Gasteiger partial charge >= 0.3 is 0 Å². The van der Waals surface area contributed by atoms with Crippen LogP contribution in [0.1, 0.15) is 29.9 Å². The molecule has 2 rings (SSSR count). The van der Waals surface area contributed by atoms with Gasteiger partial charge in [-0.2, -0.15) is 5.10 Å². The summed E-state index contributed by atoms with van der Waals surface area (Å²) >= 11 is 0. The van der Waals surface area contributed by atoms with E-state index in [4.69, 9.17) is 4.74 Å². The second kappa shape index (κ2) is 6.39.